The number of aromatic nitrogens is 2. The predicted octanol–water partition coefficient (Wildman–Crippen LogP) is 3.10. The molecule has 1 saturated heterocycles. The second-order valence-electron chi connectivity index (χ2n) is 6.10. The van der Waals surface area contributed by atoms with Crippen molar-refractivity contribution in [3.05, 3.63) is 40.0 Å². The Balaban J connectivity index is 1.77. The highest BCUT2D eigenvalue weighted by Crippen LogP contribution is 2.29. The summed E-state index contributed by atoms with van der Waals surface area (Å²) in [4.78, 5) is 22.3. The predicted molar refractivity (Wildman–Crippen MR) is 98.7 cm³/mol. The Kier molecular flexibility index (Phi) is 4.45. The van der Waals surface area contributed by atoms with Crippen LogP contribution in [0.15, 0.2) is 28.9 Å². The molecule has 0 amide bonds. The van der Waals surface area contributed by atoms with Crippen molar-refractivity contribution in [2.75, 3.05) is 33.4 Å². The van der Waals surface area contributed by atoms with Gasteiger partial charge >= 0.3 is 5.97 Å². The van der Waals surface area contributed by atoms with E-state index in [0.29, 0.717) is 15.7 Å². The van der Waals surface area contributed by atoms with Gasteiger partial charge in [0, 0.05) is 30.5 Å². The summed E-state index contributed by atoms with van der Waals surface area (Å²) in [5, 5.41) is 0.993. The van der Waals surface area contributed by atoms with Crippen molar-refractivity contribution in [1.29, 1.82) is 0 Å². The molecule has 4 rings (SSSR count). The van der Waals surface area contributed by atoms with Crippen molar-refractivity contribution in [1.82, 2.24) is 14.9 Å². The Morgan fingerprint density at radius 1 is 1.36 bits per heavy atom. The third kappa shape index (κ3) is 3.15. The van der Waals surface area contributed by atoms with Gasteiger partial charge in [-0.25, -0.2) is 9.78 Å². The van der Waals surface area contributed by atoms with Gasteiger partial charge in [-0.3, -0.25) is 4.90 Å². The first kappa shape index (κ1) is 16.5. The number of benzene rings is 1. The zero-order valence-corrected chi connectivity index (χ0v) is 15.4. The Hall–Kier alpha value is -1.96. The first-order valence-corrected chi connectivity index (χ1v) is 8.94. The second-order valence-corrected chi connectivity index (χ2v) is 6.91. The molecular formula is C18H18BrN3O3. The number of carbonyl (C=O) groups is 1. The largest absolute Gasteiger partial charge is 0.465 e. The third-order valence-electron chi connectivity index (χ3n) is 4.50. The Labute approximate surface area is 153 Å². The smallest absolute Gasteiger partial charge is 0.340 e. The van der Waals surface area contributed by atoms with E-state index >= 15 is 0 Å². The van der Waals surface area contributed by atoms with Crippen LogP contribution in [0.5, 0.6) is 0 Å². The number of pyridine rings is 1. The van der Waals surface area contributed by atoms with Gasteiger partial charge in [0.1, 0.15) is 4.60 Å². The molecule has 1 aliphatic rings. The lowest BCUT2D eigenvalue weighted by Gasteiger charge is -2.26. The average Bonchev–Trinajstić information content (AvgIpc) is 2.99. The average molecular weight is 404 g/mol. The van der Waals surface area contributed by atoms with Gasteiger partial charge in [0.15, 0.2) is 0 Å². The normalized spacial score (nSPS) is 15.8. The molecule has 3 aromatic rings. The Bertz CT molecular complexity index is 948. The van der Waals surface area contributed by atoms with E-state index in [-0.39, 0.29) is 5.97 Å². The maximum atomic E-state index is 12.1. The lowest BCUT2D eigenvalue weighted by atomic mass is 10.1. The van der Waals surface area contributed by atoms with Crippen molar-refractivity contribution in [2.24, 2.45) is 0 Å². The number of ether oxygens (including phenoxy) is 2. The van der Waals surface area contributed by atoms with Crippen LogP contribution >= 0.6 is 15.9 Å². The lowest BCUT2D eigenvalue weighted by Crippen LogP contribution is -2.35. The summed E-state index contributed by atoms with van der Waals surface area (Å²) in [6, 6.07) is 7.98. The number of methoxy groups -OCH3 is 1. The molecule has 0 atom stereocenters. The van der Waals surface area contributed by atoms with Crippen LogP contribution in [-0.4, -0.2) is 54.3 Å². The minimum Gasteiger partial charge on any atom is -0.465 e. The highest BCUT2D eigenvalue weighted by molar-refractivity contribution is 9.10. The van der Waals surface area contributed by atoms with Crippen molar-refractivity contribution < 1.29 is 14.3 Å². The number of halogens is 1. The van der Waals surface area contributed by atoms with Gasteiger partial charge in [-0.05, 0) is 33.6 Å². The van der Waals surface area contributed by atoms with E-state index in [2.05, 4.69) is 49.0 Å². The van der Waals surface area contributed by atoms with E-state index in [9.17, 15) is 4.79 Å². The summed E-state index contributed by atoms with van der Waals surface area (Å²) in [6.45, 7) is 4.36. The van der Waals surface area contributed by atoms with Crippen LogP contribution in [-0.2, 0) is 16.0 Å². The summed E-state index contributed by atoms with van der Waals surface area (Å²) in [5.41, 5.74) is 4.14. The van der Waals surface area contributed by atoms with Gasteiger partial charge in [0.05, 0.1) is 36.9 Å². The van der Waals surface area contributed by atoms with E-state index in [0.717, 1.165) is 49.3 Å². The maximum absolute atomic E-state index is 12.1. The van der Waals surface area contributed by atoms with Gasteiger partial charge in [0.25, 0.3) is 0 Å². The van der Waals surface area contributed by atoms with Crippen LogP contribution in [0.25, 0.3) is 21.9 Å². The summed E-state index contributed by atoms with van der Waals surface area (Å²) < 4.78 is 10.9. The van der Waals surface area contributed by atoms with E-state index in [1.165, 1.54) is 12.7 Å². The number of nitrogens with zero attached hydrogens (tertiary/aromatic N) is 2. The molecule has 25 heavy (non-hydrogen) atoms. The molecule has 1 N–H and O–H groups in total. The number of hydrogen-bond donors (Lipinski definition) is 1. The molecule has 1 aliphatic heterocycles. The first-order valence-electron chi connectivity index (χ1n) is 8.15. The van der Waals surface area contributed by atoms with Crippen LogP contribution in [0.1, 0.15) is 15.9 Å². The molecule has 3 heterocycles. The van der Waals surface area contributed by atoms with Gasteiger partial charge in [-0.1, -0.05) is 12.1 Å². The molecule has 0 unspecified atom stereocenters. The highest BCUT2D eigenvalue weighted by atomic mass is 79.9. The quantitative estimate of drug-likeness (QED) is 0.537. The highest BCUT2D eigenvalue weighted by Gasteiger charge is 2.17. The van der Waals surface area contributed by atoms with Crippen molar-refractivity contribution in [3.8, 4) is 0 Å². The number of H-pyrrole nitrogens is 1. The summed E-state index contributed by atoms with van der Waals surface area (Å²) in [5.74, 6) is -0.381. The number of nitrogens with one attached hydrogen (secondary N) is 1. The molecule has 0 bridgehead atoms. The standard InChI is InChI=1S/C18H18BrN3O3/c1-24-18(23)13-9-15(19)21-16-12-3-2-11(8-14(12)20-17(13)16)10-22-4-6-25-7-5-22/h2-3,8-9,20H,4-7,10H2,1H3. The Morgan fingerprint density at radius 3 is 2.92 bits per heavy atom. The monoisotopic (exact) mass is 403 g/mol. The number of hydrogen-bond acceptors (Lipinski definition) is 5. The van der Waals surface area contributed by atoms with Crippen LogP contribution < -0.4 is 0 Å². The number of rotatable bonds is 3. The van der Waals surface area contributed by atoms with Crippen LogP contribution in [0.4, 0.5) is 0 Å². The van der Waals surface area contributed by atoms with Gasteiger partial charge in [0.2, 0.25) is 0 Å². The fraction of sp³-hybridized carbons (Fsp3) is 0.333. The molecule has 130 valence electrons. The minimum atomic E-state index is -0.381. The van der Waals surface area contributed by atoms with Crippen LogP contribution in [0.3, 0.4) is 0 Å². The fourth-order valence-corrected chi connectivity index (χ4v) is 3.66. The van der Waals surface area contributed by atoms with Gasteiger partial charge < -0.3 is 14.5 Å². The summed E-state index contributed by atoms with van der Waals surface area (Å²) >= 11 is 3.38. The molecule has 1 fully saturated rings. The van der Waals surface area contributed by atoms with Crippen molar-refractivity contribution in [2.45, 2.75) is 6.54 Å². The molecule has 7 heteroatoms. The molecule has 6 nitrogen and oxygen atoms in total. The molecular weight excluding hydrogens is 386 g/mol. The van der Waals surface area contributed by atoms with Crippen molar-refractivity contribution in [3.63, 3.8) is 0 Å². The second kappa shape index (κ2) is 6.74. The molecule has 0 aliphatic carbocycles. The maximum Gasteiger partial charge on any atom is 0.340 e. The molecule has 0 radical (unpaired) electrons. The first-order chi connectivity index (χ1) is 12.2. The van der Waals surface area contributed by atoms with E-state index in [4.69, 9.17) is 9.47 Å². The van der Waals surface area contributed by atoms with Gasteiger partial charge in [-0.2, -0.15) is 0 Å². The number of esters is 1. The molecule has 0 spiro atoms. The molecule has 1 aromatic carbocycles. The lowest BCUT2D eigenvalue weighted by molar-refractivity contribution is 0.0342. The summed E-state index contributed by atoms with van der Waals surface area (Å²) in [7, 11) is 1.38. The van der Waals surface area contributed by atoms with Crippen LogP contribution in [0, 0.1) is 0 Å². The minimum absolute atomic E-state index is 0.381. The SMILES string of the molecule is COC(=O)c1cc(Br)nc2c1[nH]c1cc(CN3CCOCC3)ccc12. The third-order valence-corrected chi connectivity index (χ3v) is 4.91. The van der Waals surface area contributed by atoms with Crippen molar-refractivity contribution >= 4 is 43.8 Å². The van der Waals surface area contributed by atoms with Gasteiger partial charge in [-0.15, -0.1) is 0 Å². The number of fused-ring (bicyclic) bond motifs is 3. The van der Waals surface area contributed by atoms with E-state index in [1.54, 1.807) is 6.07 Å². The molecule has 2 aromatic heterocycles. The fourth-order valence-electron chi connectivity index (χ4n) is 3.26. The summed E-state index contributed by atoms with van der Waals surface area (Å²) in [6.07, 6.45) is 0. The number of aromatic amines is 1. The zero-order chi connectivity index (χ0) is 17.4. The van der Waals surface area contributed by atoms with E-state index in [1.807, 2.05) is 0 Å². The zero-order valence-electron chi connectivity index (χ0n) is 13.8. The van der Waals surface area contributed by atoms with E-state index < -0.39 is 0 Å². The Morgan fingerprint density at radius 2 is 2.16 bits per heavy atom. The number of morpholine rings is 1. The van der Waals surface area contributed by atoms with Crippen LogP contribution in [0.2, 0.25) is 0 Å². The number of carbonyl (C=O) groups excluding carboxylic acids is 1. The molecule has 0 saturated carbocycles. The topological polar surface area (TPSA) is 67.5 Å².